The number of halogens is 1. The van der Waals surface area contributed by atoms with Crippen molar-refractivity contribution in [3.63, 3.8) is 0 Å². The molecular formula is C15H15ClN4O4. The van der Waals surface area contributed by atoms with Crippen molar-refractivity contribution in [3.8, 4) is 11.4 Å². The van der Waals surface area contributed by atoms with E-state index in [0.717, 1.165) is 5.56 Å². The van der Waals surface area contributed by atoms with Gasteiger partial charge in [0.15, 0.2) is 0 Å². The van der Waals surface area contributed by atoms with Gasteiger partial charge in [0.2, 0.25) is 17.6 Å². The second-order valence-electron chi connectivity index (χ2n) is 5.29. The van der Waals surface area contributed by atoms with Crippen molar-refractivity contribution >= 4 is 23.6 Å². The quantitative estimate of drug-likeness (QED) is 0.886. The molecule has 1 fully saturated rings. The lowest BCUT2D eigenvalue weighted by Crippen LogP contribution is -2.38. The molecule has 0 spiro atoms. The number of carbonyl (C=O) groups excluding carboxylic acids is 2. The van der Waals surface area contributed by atoms with Crippen molar-refractivity contribution in [3.05, 3.63) is 35.2 Å². The maximum absolute atomic E-state index is 12.0. The van der Waals surface area contributed by atoms with Crippen LogP contribution in [0.5, 0.6) is 0 Å². The van der Waals surface area contributed by atoms with Gasteiger partial charge < -0.3 is 14.6 Å². The molecule has 1 aliphatic heterocycles. The number of nitrogens with one attached hydrogen (secondary N) is 1. The number of nitrogens with zero attached hydrogens (tertiary/aromatic N) is 3. The van der Waals surface area contributed by atoms with Crippen molar-refractivity contribution in [1.82, 2.24) is 20.4 Å². The third kappa shape index (κ3) is 3.65. The largest absolute Gasteiger partial charge is 0.448 e. The van der Waals surface area contributed by atoms with E-state index in [1.54, 1.807) is 31.2 Å². The Bertz CT molecular complexity index is 746. The SMILES string of the molecule is CC(NC(=O)CN1CCOC1=O)c1nc(-c2ccc(Cl)cc2)no1. The maximum Gasteiger partial charge on any atom is 0.410 e. The van der Waals surface area contributed by atoms with Crippen molar-refractivity contribution < 1.29 is 18.8 Å². The van der Waals surface area contributed by atoms with Crippen molar-refractivity contribution in [1.29, 1.82) is 0 Å². The van der Waals surface area contributed by atoms with Crippen LogP contribution in [0.3, 0.4) is 0 Å². The standard InChI is InChI=1S/C15H15ClN4O4/c1-9(17-12(21)8-20-6-7-23-15(20)22)14-18-13(19-24-14)10-2-4-11(16)5-3-10/h2-5,9H,6-8H2,1H3,(H,17,21). The Hall–Kier alpha value is -2.61. The second kappa shape index (κ2) is 6.88. The highest BCUT2D eigenvalue weighted by molar-refractivity contribution is 6.30. The number of hydrogen-bond acceptors (Lipinski definition) is 6. The zero-order chi connectivity index (χ0) is 17.1. The minimum atomic E-state index is -0.486. The van der Waals surface area contributed by atoms with E-state index in [4.69, 9.17) is 20.9 Å². The third-order valence-corrected chi connectivity index (χ3v) is 3.72. The average molecular weight is 351 g/mol. The van der Waals surface area contributed by atoms with E-state index in [1.807, 2.05) is 0 Å². The van der Waals surface area contributed by atoms with Gasteiger partial charge in [0.25, 0.3) is 0 Å². The summed E-state index contributed by atoms with van der Waals surface area (Å²) in [7, 11) is 0. The highest BCUT2D eigenvalue weighted by atomic mass is 35.5. The lowest BCUT2D eigenvalue weighted by atomic mass is 10.2. The molecule has 0 bridgehead atoms. The maximum atomic E-state index is 12.0. The van der Waals surface area contributed by atoms with E-state index < -0.39 is 12.1 Å². The van der Waals surface area contributed by atoms with Gasteiger partial charge in [-0.3, -0.25) is 9.69 Å². The van der Waals surface area contributed by atoms with Gasteiger partial charge in [0.1, 0.15) is 19.2 Å². The van der Waals surface area contributed by atoms with Crippen LogP contribution in [-0.2, 0) is 9.53 Å². The van der Waals surface area contributed by atoms with Crippen LogP contribution in [-0.4, -0.2) is 46.7 Å². The lowest BCUT2D eigenvalue weighted by Gasteiger charge is -2.14. The van der Waals surface area contributed by atoms with E-state index in [-0.39, 0.29) is 18.3 Å². The Balaban J connectivity index is 1.61. The molecule has 126 valence electrons. The lowest BCUT2D eigenvalue weighted by molar-refractivity contribution is -0.122. The van der Waals surface area contributed by atoms with Crippen LogP contribution in [0.25, 0.3) is 11.4 Å². The molecule has 2 heterocycles. The van der Waals surface area contributed by atoms with Gasteiger partial charge in [0, 0.05) is 10.6 Å². The van der Waals surface area contributed by atoms with E-state index in [9.17, 15) is 9.59 Å². The fourth-order valence-corrected chi connectivity index (χ4v) is 2.34. The summed E-state index contributed by atoms with van der Waals surface area (Å²) in [4.78, 5) is 28.9. The summed E-state index contributed by atoms with van der Waals surface area (Å²) in [6.07, 6.45) is -0.486. The van der Waals surface area contributed by atoms with Crippen LogP contribution < -0.4 is 5.32 Å². The Morgan fingerprint density at radius 1 is 1.42 bits per heavy atom. The summed E-state index contributed by atoms with van der Waals surface area (Å²) in [5.74, 6) is 0.357. The molecule has 1 aromatic carbocycles. The highest BCUT2D eigenvalue weighted by Gasteiger charge is 2.25. The third-order valence-electron chi connectivity index (χ3n) is 3.47. The van der Waals surface area contributed by atoms with E-state index in [2.05, 4.69) is 15.5 Å². The van der Waals surface area contributed by atoms with Crippen molar-refractivity contribution in [2.45, 2.75) is 13.0 Å². The summed E-state index contributed by atoms with van der Waals surface area (Å²) < 4.78 is 9.96. The fraction of sp³-hybridized carbons (Fsp3) is 0.333. The summed E-state index contributed by atoms with van der Waals surface area (Å²) >= 11 is 5.84. The molecule has 3 rings (SSSR count). The molecule has 0 radical (unpaired) electrons. The molecule has 9 heteroatoms. The summed E-state index contributed by atoms with van der Waals surface area (Å²) in [6, 6.07) is 6.53. The molecule has 1 aliphatic rings. The Morgan fingerprint density at radius 2 is 2.17 bits per heavy atom. The van der Waals surface area contributed by atoms with Crippen LogP contribution >= 0.6 is 11.6 Å². The molecule has 1 atom stereocenters. The summed E-state index contributed by atoms with van der Waals surface area (Å²) in [6.45, 7) is 2.36. The van der Waals surface area contributed by atoms with E-state index in [0.29, 0.717) is 24.0 Å². The minimum absolute atomic E-state index is 0.0681. The van der Waals surface area contributed by atoms with E-state index in [1.165, 1.54) is 4.90 Å². The van der Waals surface area contributed by atoms with Gasteiger partial charge in [-0.1, -0.05) is 16.8 Å². The first-order valence-electron chi connectivity index (χ1n) is 7.33. The second-order valence-corrected chi connectivity index (χ2v) is 5.72. The Labute approximate surface area is 142 Å². The Kier molecular flexibility index (Phi) is 4.66. The number of carbonyl (C=O) groups is 2. The first kappa shape index (κ1) is 16.3. The molecule has 24 heavy (non-hydrogen) atoms. The number of hydrogen-bond donors (Lipinski definition) is 1. The summed E-state index contributed by atoms with van der Waals surface area (Å²) in [5, 5.41) is 7.22. The van der Waals surface area contributed by atoms with Crippen LogP contribution in [0.2, 0.25) is 5.02 Å². The van der Waals surface area contributed by atoms with Gasteiger partial charge in [-0.25, -0.2) is 4.79 Å². The molecule has 1 saturated heterocycles. The Morgan fingerprint density at radius 3 is 2.83 bits per heavy atom. The topological polar surface area (TPSA) is 97.6 Å². The van der Waals surface area contributed by atoms with Crippen LogP contribution in [0.15, 0.2) is 28.8 Å². The number of amides is 2. The van der Waals surface area contributed by atoms with Crippen molar-refractivity contribution in [2.24, 2.45) is 0 Å². The number of ether oxygens (including phenoxy) is 1. The van der Waals surface area contributed by atoms with Gasteiger partial charge in [-0.05, 0) is 31.2 Å². The smallest absolute Gasteiger partial charge is 0.410 e. The van der Waals surface area contributed by atoms with Crippen LogP contribution in [0, 0.1) is 0 Å². The zero-order valence-corrected chi connectivity index (χ0v) is 13.6. The van der Waals surface area contributed by atoms with Crippen molar-refractivity contribution in [2.75, 3.05) is 19.7 Å². The van der Waals surface area contributed by atoms with Crippen LogP contribution in [0.1, 0.15) is 18.9 Å². The predicted octanol–water partition coefficient (Wildman–Crippen LogP) is 2.02. The van der Waals surface area contributed by atoms with Gasteiger partial charge in [-0.15, -0.1) is 0 Å². The molecular weight excluding hydrogens is 336 g/mol. The number of aromatic nitrogens is 2. The predicted molar refractivity (Wildman–Crippen MR) is 84.2 cm³/mol. The molecule has 0 saturated carbocycles. The first-order chi connectivity index (χ1) is 11.5. The minimum Gasteiger partial charge on any atom is -0.448 e. The molecule has 1 N–H and O–H groups in total. The highest BCUT2D eigenvalue weighted by Crippen LogP contribution is 2.20. The molecule has 0 aliphatic carbocycles. The molecule has 1 aromatic heterocycles. The van der Waals surface area contributed by atoms with Gasteiger partial charge in [0.05, 0.1) is 6.54 Å². The normalized spacial score (nSPS) is 15.2. The molecule has 2 aromatic rings. The molecule has 1 unspecified atom stereocenters. The number of rotatable bonds is 5. The molecule has 2 amide bonds. The van der Waals surface area contributed by atoms with Gasteiger partial charge >= 0.3 is 6.09 Å². The molecule has 8 nitrogen and oxygen atoms in total. The van der Waals surface area contributed by atoms with E-state index >= 15 is 0 Å². The van der Waals surface area contributed by atoms with Crippen LogP contribution in [0.4, 0.5) is 4.79 Å². The fourth-order valence-electron chi connectivity index (χ4n) is 2.22. The first-order valence-corrected chi connectivity index (χ1v) is 7.71. The summed E-state index contributed by atoms with van der Waals surface area (Å²) in [5.41, 5.74) is 0.757. The van der Waals surface area contributed by atoms with Gasteiger partial charge in [-0.2, -0.15) is 4.98 Å². The number of cyclic esters (lactones) is 1. The number of benzene rings is 1. The monoisotopic (exact) mass is 350 g/mol. The zero-order valence-electron chi connectivity index (χ0n) is 12.9. The average Bonchev–Trinajstić information content (AvgIpc) is 3.18.